The highest BCUT2D eigenvalue weighted by Gasteiger charge is 2.27. The second kappa shape index (κ2) is 10.8. The molecular formula is C26H28FN3O3S. The lowest BCUT2D eigenvalue weighted by atomic mass is 10.0. The maximum Gasteiger partial charge on any atom is 0.251 e. The molecule has 34 heavy (non-hydrogen) atoms. The van der Waals surface area contributed by atoms with E-state index in [4.69, 9.17) is 0 Å². The summed E-state index contributed by atoms with van der Waals surface area (Å²) >= 11 is 0. The number of piperazine rings is 1. The van der Waals surface area contributed by atoms with Gasteiger partial charge in [0.05, 0.1) is 11.4 Å². The van der Waals surface area contributed by atoms with Gasteiger partial charge in [0.2, 0.25) is 10.0 Å². The first-order chi connectivity index (χ1) is 16.4. The molecule has 1 amide bonds. The van der Waals surface area contributed by atoms with Gasteiger partial charge in [-0.2, -0.15) is 4.31 Å². The Kier molecular flexibility index (Phi) is 7.59. The maximum atomic E-state index is 14.0. The van der Waals surface area contributed by atoms with E-state index in [2.05, 4.69) is 5.32 Å². The fraction of sp³-hybridized carbons (Fsp3) is 0.269. The Bertz CT molecular complexity index is 1210. The van der Waals surface area contributed by atoms with Crippen LogP contribution in [0.2, 0.25) is 0 Å². The summed E-state index contributed by atoms with van der Waals surface area (Å²) in [6, 6.07) is 23.8. The Morgan fingerprint density at radius 3 is 2.12 bits per heavy atom. The minimum atomic E-state index is -3.44. The average molecular weight is 482 g/mol. The Labute approximate surface area is 200 Å². The number of sulfonamides is 1. The summed E-state index contributed by atoms with van der Waals surface area (Å²) in [5.41, 5.74) is 3.14. The van der Waals surface area contributed by atoms with Crippen LogP contribution in [0.25, 0.3) is 11.1 Å². The number of para-hydroxylation sites is 1. The van der Waals surface area contributed by atoms with Crippen molar-refractivity contribution in [3.05, 3.63) is 90.2 Å². The van der Waals surface area contributed by atoms with Crippen LogP contribution in [0.3, 0.4) is 0 Å². The van der Waals surface area contributed by atoms with Gasteiger partial charge in [-0.25, -0.2) is 12.8 Å². The van der Waals surface area contributed by atoms with E-state index in [0.29, 0.717) is 43.9 Å². The molecule has 3 aromatic carbocycles. The van der Waals surface area contributed by atoms with Gasteiger partial charge in [-0.15, -0.1) is 0 Å². The van der Waals surface area contributed by atoms with Gasteiger partial charge in [0.1, 0.15) is 5.82 Å². The third-order valence-corrected chi connectivity index (χ3v) is 7.90. The number of benzene rings is 3. The summed E-state index contributed by atoms with van der Waals surface area (Å²) in [6.07, 6.45) is 0.323. The average Bonchev–Trinajstić information content (AvgIpc) is 2.87. The number of hydrogen-bond acceptors (Lipinski definition) is 4. The van der Waals surface area contributed by atoms with Crippen molar-refractivity contribution in [3.63, 3.8) is 0 Å². The standard InChI is InChI=1S/C26H28FN3O3S/c27-24-9-4-5-10-25(24)29-16-18-30(19-17-29)34(32,33)20-6-15-28-26(31)23-13-11-22(12-14-23)21-7-2-1-3-8-21/h1-5,7-14H,6,15-20H2,(H,28,31). The SMILES string of the molecule is O=C(NCCCS(=O)(=O)N1CCN(c2ccccc2F)CC1)c1ccc(-c2ccccc2)cc1. The monoisotopic (exact) mass is 481 g/mol. The van der Waals surface area contributed by atoms with Crippen LogP contribution >= 0.6 is 0 Å². The molecule has 6 nitrogen and oxygen atoms in total. The normalized spacial score (nSPS) is 14.7. The van der Waals surface area contributed by atoms with Gasteiger partial charge in [0.15, 0.2) is 0 Å². The molecule has 0 bridgehead atoms. The maximum absolute atomic E-state index is 14.0. The van der Waals surface area contributed by atoms with Crippen LogP contribution in [0.15, 0.2) is 78.9 Å². The summed E-state index contributed by atoms with van der Waals surface area (Å²) in [6.45, 7) is 1.78. The summed E-state index contributed by atoms with van der Waals surface area (Å²) in [5.74, 6) is -0.570. The number of amides is 1. The molecule has 1 heterocycles. The highest BCUT2D eigenvalue weighted by Crippen LogP contribution is 2.21. The van der Waals surface area contributed by atoms with E-state index < -0.39 is 10.0 Å². The third-order valence-electron chi connectivity index (χ3n) is 5.94. The fourth-order valence-electron chi connectivity index (χ4n) is 4.05. The van der Waals surface area contributed by atoms with Crippen LogP contribution in [0.5, 0.6) is 0 Å². The second-order valence-corrected chi connectivity index (χ2v) is 10.3. The summed E-state index contributed by atoms with van der Waals surface area (Å²) in [5, 5.41) is 2.80. The zero-order chi connectivity index (χ0) is 24.0. The van der Waals surface area contributed by atoms with Gasteiger partial charge in [-0.3, -0.25) is 4.79 Å². The zero-order valence-corrected chi connectivity index (χ0v) is 19.7. The zero-order valence-electron chi connectivity index (χ0n) is 18.9. The second-order valence-electron chi connectivity index (χ2n) is 8.21. The Morgan fingerprint density at radius 1 is 0.824 bits per heavy atom. The lowest BCUT2D eigenvalue weighted by Crippen LogP contribution is -2.49. The molecule has 0 atom stereocenters. The van der Waals surface area contributed by atoms with E-state index in [1.54, 1.807) is 30.3 Å². The van der Waals surface area contributed by atoms with Crippen molar-refractivity contribution in [2.75, 3.05) is 43.4 Å². The van der Waals surface area contributed by atoms with E-state index in [9.17, 15) is 17.6 Å². The van der Waals surface area contributed by atoms with Crippen molar-refractivity contribution in [1.82, 2.24) is 9.62 Å². The predicted octanol–water partition coefficient (Wildman–Crippen LogP) is 3.76. The summed E-state index contributed by atoms with van der Waals surface area (Å²) in [4.78, 5) is 14.3. The quantitative estimate of drug-likeness (QED) is 0.498. The van der Waals surface area contributed by atoms with Crippen molar-refractivity contribution < 1.29 is 17.6 Å². The van der Waals surface area contributed by atoms with Gasteiger partial charge in [0.25, 0.3) is 5.91 Å². The third kappa shape index (κ3) is 5.81. The first-order valence-corrected chi connectivity index (χ1v) is 13.0. The number of rotatable bonds is 8. The van der Waals surface area contributed by atoms with Crippen LogP contribution in [0, 0.1) is 5.82 Å². The Morgan fingerprint density at radius 2 is 1.44 bits per heavy atom. The van der Waals surface area contributed by atoms with Crippen molar-refractivity contribution in [1.29, 1.82) is 0 Å². The van der Waals surface area contributed by atoms with Crippen LogP contribution in [0.1, 0.15) is 16.8 Å². The van der Waals surface area contributed by atoms with E-state index in [0.717, 1.165) is 11.1 Å². The number of hydrogen-bond donors (Lipinski definition) is 1. The molecule has 1 saturated heterocycles. The van der Waals surface area contributed by atoms with Gasteiger partial charge in [-0.05, 0) is 41.8 Å². The minimum absolute atomic E-state index is 0.0417. The lowest BCUT2D eigenvalue weighted by molar-refractivity contribution is 0.0953. The van der Waals surface area contributed by atoms with Crippen LogP contribution in [-0.2, 0) is 10.0 Å². The number of carbonyl (C=O) groups is 1. The van der Waals surface area contributed by atoms with Gasteiger partial charge in [0, 0.05) is 38.3 Å². The molecule has 4 rings (SSSR count). The van der Waals surface area contributed by atoms with Gasteiger partial charge >= 0.3 is 0 Å². The molecule has 0 aromatic heterocycles. The van der Waals surface area contributed by atoms with E-state index in [1.165, 1.54) is 10.4 Å². The van der Waals surface area contributed by atoms with E-state index >= 15 is 0 Å². The largest absolute Gasteiger partial charge is 0.367 e. The van der Waals surface area contributed by atoms with Crippen LogP contribution < -0.4 is 10.2 Å². The van der Waals surface area contributed by atoms with Crippen molar-refractivity contribution in [2.45, 2.75) is 6.42 Å². The number of nitrogens with zero attached hydrogens (tertiary/aromatic N) is 2. The molecule has 1 fully saturated rings. The number of nitrogens with one attached hydrogen (secondary N) is 1. The molecular weight excluding hydrogens is 453 g/mol. The molecule has 0 spiro atoms. The van der Waals surface area contributed by atoms with Gasteiger partial charge < -0.3 is 10.2 Å². The highest BCUT2D eigenvalue weighted by atomic mass is 32.2. The molecule has 0 radical (unpaired) electrons. The van der Waals surface area contributed by atoms with E-state index in [-0.39, 0.29) is 24.0 Å². The molecule has 0 aliphatic carbocycles. The first kappa shape index (κ1) is 23.9. The molecule has 0 saturated carbocycles. The van der Waals surface area contributed by atoms with Crippen molar-refractivity contribution in [2.24, 2.45) is 0 Å². The smallest absolute Gasteiger partial charge is 0.251 e. The molecule has 1 aliphatic rings. The fourth-order valence-corrected chi connectivity index (χ4v) is 5.53. The Balaban J connectivity index is 1.22. The van der Waals surface area contributed by atoms with Crippen molar-refractivity contribution >= 4 is 21.6 Å². The molecule has 178 valence electrons. The molecule has 3 aromatic rings. The molecule has 0 unspecified atom stereocenters. The first-order valence-electron chi connectivity index (χ1n) is 11.3. The van der Waals surface area contributed by atoms with Crippen LogP contribution in [-0.4, -0.2) is 57.1 Å². The number of carbonyl (C=O) groups excluding carboxylic acids is 1. The topological polar surface area (TPSA) is 69.7 Å². The molecule has 1 N–H and O–H groups in total. The number of halogens is 1. The van der Waals surface area contributed by atoms with Crippen LogP contribution in [0.4, 0.5) is 10.1 Å². The lowest BCUT2D eigenvalue weighted by Gasteiger charge is -2.35. The summed E-state index contributed by atoms with van der Waals surface area (Å²) in [7, 11) is -3.44. The molecule has 8 heteroatoms. The van der Waals surface area contributed by atoms with E-state index in [1.807, 2.05) is 47.4 Å². The Hall–Kier alpha value is -3.23. The predicted molar refractivity (Wildman–Crippen MR) is 133 cm³/mol. The minimum Gasteiger partial charge on any atom is -0.367 e. The summed E-state index contributed by atoms with van der Waals surface area (Å²) < 4.78 is 40.8. The van der Waals surface area contributed by atoms with Crippen molar-refractivity contribution in [3.8, 4) is 11.1 Å². The van der Waals surface area contributed by atoms with Gasteiger partial charge in [-0.1, -0.05) is 54.6 Å². The highest BCUT2D eigenvalue weighted by molar-refractivity contribution is 7.89. The molecule has 1 aliphatic heterocycles. The number of anilines is 1.